The van der Waals surface area contributed by atoms with Gasteiger partial charge in [-0.1, -0.05) is 0 Å². The maximum Gasteiger partial charge on any atom is 0.308 e. The van der Waals surface area contributed by atoms with Crippen LogP contribution in [0.3, 0.4) is 0 Å². The first-order chi connectivity index (χ1) is 14.4. The van der Waals surface area contributed by atoms with E-state index in [2.05, 4.69) is 0 Å². The van der Waals surface area contributed by atoms with E-state index in [1.54, 1.807) is 39.8 Å². The number of hydrogen-bond acceptors (Lipinski definition) is 6. The number of aliphatic imine (C=N–C) groups is 1. The maximum absolute atomic E-state index is 13.6. The van der Waals surface area contributed by atoms with Crippen LogP contribution in [0.25, 0.3) is 0 Å². The lowest BCUT2D eigenvalue weighted by molar-refractivity contribution is -0.154. The third kappa shape index (κ3) is 4.74. The van der Waals surface area contributed by atoms with Crippen molar-refractivity contribution in [1.29, 1.82) is 10.8 Å². The molecule has 0 aliphatic carbocycles. The summed E-state index contributed by atoms with van der Waals surface area (Å²) >= 11 is 1.48. The minimum absolute atomic E-state index is 0.0398. The zero-order valence-electron chi connectivity index (χ0n) is 18.6. The number of halogens is 1. The number of nitrogens with one attached hydrogen (secondary N) is 2. The molecule has 0 spiro atoms. The Morgan fingerprint density at radius 1 is 1.26 bits per heavy atom. The fourth-order valence-corrected chi connectivity index (χ4v) is 4.65. The number of ether oxygens (including phenoxy) is 1. The number of aryl methyl sites for hydroxylation is 1. The van der Waals surface area contributed by atoms with Crippen molar-refractivity contribution in [2.24, 2.45) is 4.99 Å². The Labute approximate surface area is 185 Å². The molecule has 6 nitrogen and oxygen atoms in total. The van der Waals surface area contributed by atoms with Crippen molar-refractivity contribution in [3.05, 3.63) is 51.7 Å². The number of rotatable bonds is 3. The van der Waals surface area contributed by atoms with Gasteiger partial charge in [0.2, 0.25) is 0 Å². The van der Waals surface area contributed by atoms with Gasteiger partial charge < -0.3 is 4.74 Å². The van der Waals surface area contributed by atoms with Crippen LogP contribution >= 0.6 is 11.3 Å². The first-order valence-electron chi connectivity index (χ1n) is 9.98. The van der Waals surface area contributed by atoms with E-state index in [-0.39, 0.29) is 23.9 Å². The molecule has 31 heavy (non-hydrogen) atoms. The van der Waals surface area contributed by atoms with Crippen molar-refractivity contribution in [3.8, 4) is 0 Å². The lowest BCUT2D eigenvalue weighted by Gasteiger charge is -2.25. The highest BCUT2D eigenvalue weighted by Crippen LogP contribution is 2.40. The van der Waals surface area contributed by atoms with E-state index in [0.717, 1.165) is 16.0 Å². The van der Waals surface area contributed by atoms with E-state index < -0.39 is 17.6 Å². The molecule has 2 heterocycles. The zero-order chi connectivity index (χ0) is 23.1. The zero-order valence-corrected chi connectivity index (χ0v) is 19.4. The summed E-state index contributed by atoms with van der Waals surface area (Å²) in [6, 6.07) is 5.18. The van der Waals surface area contributed by atoms with Crippen molar-refractivity contribution in [2.45, 2.75) is 59.6 Å². The molecule has 1 unspecified atom stereocenters. The number of carbonyl (C=O) groups excluding carboxylic acids is 1. The fraction of sp³-hybridized carbons (Fsp3) is 0.391. The fourth-order valence-electron chi connectivity index (χ4n) is 3.43. The van der Waals surface area contributed by atoms with Gasteiger partial charge >= 0.3 is 5.97 Å². The van der Waals surface area contributed by atoms with Crippen LogP contribution in [0.15, 0.2) is 29.3 Å². The molecule has 1 aliphatic heterocycles. The summed E-state index contributed by atoms with van der Waals surface area (Å²) in [4.78, 5) is 20.0. The summed E-state index contributed by atoms with van der Waals surface area (Å²) in [6.07, 6.45) is -0.127. The molecule has 0 bridgehead atoms. The van der Waals surface area contributed by atoms with Crippen molar-refractivity contribution in [2.75, 3.05) is 4.90 Å². The van der Waals surface area contributed by atoms with Gasteiger partial charge in [0.15, 0.2) is 0 Å². The normalized spacial score (nSPS) is 16.5. The Bertz CT molecular complexity index is 1080. The standard InChI is InChI=1S/C23H27FN4O2S/c1-12-13(2)31-22-19(12)20(15-7-9-16(24)10-8-15)27-17(21(26)28(22)14(3)25)11-18(29)30-23(4,5)6/h7-10,17,25-26H,11H2,1-6H3. The highest BCUT2D eigenvalue weighted by molar-refractivity contribution is 7.17. The van der Waals surface area contributed by atoms with E-state index in [9.17, 15) is 9.18 Å². The second-order valence-corrected chi connectivity index (χ2v) is 9.76. The van der Waals surface area contributed by atoms with Crippen LogP contribution in [-0.2, 0) is 9.53 Å². The highest BCUT2D eigenvalue weighted by Gasteiger charge is 2.35. The van der Waals surface area contributed by atoms with Gasteiger partial charge in [0, 0.05) is 16.0 Å². The number of carbonyl (C=O) groups is 1. The molecule has 0 fully saturated rings. The van der Waals surface area contributed by atoms with Gasteiger partial charge in [-0.2, -0.15) is 0 Å². The lowest BCUT2D eigenvalue weighted by Crippen LogP contribution is -2.41. The summed E-state index contributed by atoms with van der Waals surface area (Å²) in [7, 11) is 0. The van der Waals surface area contributed by atoms with Crippen LogP contribution in [0.1, 0.15) is 55.7 Å². The molecule has 164 valence electrons. The van der Waals surface area contributed by atoms with E-state index >= 15 is 0 Å². The van der Waals surface area contributed by atoms with E-state index in [1.807, 2.05) is 13.8 Å². The largest absolute Gasteiger partial charge is 0.460 e. The summed E-state index contributed by atoms with van der Waals surface area (Å²) in [5, 5.41) is 17.8. The average Bonchev–Trinajstić information content (AvgIpc) is 2.85. The molecule has 0 saturated carbocycles. The number of nitrogens with zero attached hydrogens (tertiary/aromatic N) is 2. The first-order valence-corrected chi connectivity index (χ1v) is 10.8. The molecule has 0 saturated heterocycles. The topological polar surface area (TPSA) is 89.6 Å². The first kappa shape index (κ1) is 22.8. The Balaban J connectivity index is 2.19. The number of benzene rings is 1. The molecule has 0 amide bonds. The molecule has 1 aromatic carbocycles. The van der Waals surface area contributed by atoms with Gasteiger partial charge in [-0.3, -0.25) is 25.5 Å². The van der Waals surface area contributed by atoms with Gasteiger partial charge in [0.1, 0.15) is 34.1 Å². The molecule has 1 atom stereocenters. The van der Waals surface area contributed by atoms with E-state index in [1.165, 1.54) is 28.4 Å². The quantitative estimate of drug-likeness (QED) is 0.387. The SMILES string of the molecule is CC(=N)N1C(=N)C(CC(=O)OC(C)(C)C)N=C(c2ccc(F)cc2)c2c1sc(C)c2C. The van der Waals surface area contributed by atoms with Crippen molar-refractivity contribution < 1.29 is 13.9 Å². The predicted octanol–water partition coefficient (Wildman–Crippen LogP) is 5.24. The number of esters is 1. The van der Waals surface area contributed by atoms with E-state index in [0.29, 0.717) is 16.3 Å². The van der Waals surface area contributed by atoms with Gasteiger partial charge in [0.05, 0.1) is 12.1 Å². The van der Waals surface area contributed by atoms with Crippen LogP contribution in [0.2, 0.25) is 0 Å². The number of thiophene rings is 1. The van der Waals surface area contributed by atoms with Gasteiger partial charge in [-0.25, -0.2) is 4.39 Å². The molecule has 0 radical (unpaired) electrons. The minimum Gasteiger partial charge on any atom is -0.460 e. The van der Waals surface area contributed by atoms with Gasteiger partial charge in [-0.15, -0.1) is 11.3 Å². The third-order valence-corrected chi connectivity index (χ3v) is 6.07. The second-order valence-electron chi connectivity index (χ2n) is 8.56. The Hall–Kier alpha value is -2.87. The van der Waals surface area contributed by atoms with Crippen molar-refractivity contribution in [1.82, 2.24) is 0 Å². The summed E-state index contributed by atoms with van der Waals surface area (Å²) < 4.78 is 19.0. The Morgan fingerprint density at radius 3 is 2.42 bits per heavy atom. The monoisotopic (exact) mass is 442 g/mol. The smallest absolute Gasteiger partial charge is 0.308 e. The second kappa shape index (κ2) is 8.34. The summed E-state index contributed by atoms with van der Waals surface area (Å²) in [5.74, 6) is -0.619. The molecule has 1 aliphatic rings. The predicted molar refractivity (Wildman–Crippen MR) is 124 cm³/mol. The minimum atomic E-state index is -0.838. The Morgan fingerprint density at radius 2 is 1.87 bits per heavy atom. The number of anilines is 1. The summed E-state index contributed by atoms with van der Waals surface area (Å²) in [5.41, 5.74) is 2.41. The van der Waals surface area contributed by atoms with Crippen LogP contribution in [0.5, 0.6) is 0 Å². The van der Waals surface area contributed by atoms with Crippen molar-refractivity contribution in [3.63, 3.8) is 0 Å². The average molecular weight is 443 g/mol. The van der Waals surface area contributed by atoms with Crippen LogP contribution in [0.4, 0.5) is 9.39 Å². The number of hydrogen-bond donors (Lipinski definition) is 2. The van der Waals surface area contributed by atoms with E-state index in [4.69, 9.17) is 20.5 Å². The van der Waals surface area contributed by atoms with Crippen LogP contribution < -0.4 is 4.90 Å². The molecule has 8 heteroatoms. The van der Waals surface area contributed by atoms with Gasteiger partial charge in [0.25, 0.3) is 0 Å². The van der Waals surface area contributed by atoms with Crippen LogP contribution in [0, 0.1) is 30.5 Å². The molecule has 2 N–H and O–H groups in total. The van der Waals surface area contributed by atoms with Crippen molar-refractivity contribution >= 4 is 39.7 Å². The molecule has 2 aromatic rings. The molecule has 1 aromatic heterocycles. The summed E-state index contributed by atoms with van der Waals surface area (Å²) in [6.45, 7) is 10.9. The van der Waals surface area contributed by atoms with Gasteiger partial charge in [-0.05, 0) is 71.4 Å². The number of amidine groups is 2. The van der Waals surface area contributed by atoms with Crippen LogP contribution in [-0.4, -0.2) is 35.0 Å². The molecular weight excluding hydrogens is 415 g/mol. The Kier molecular flexibility index (Phi) is 6.14. The lowest BCUT2D eigenvalue weighted by atomic mass is 9.99. The highest BCUT2D eigenvalue weighted by atomic mass is 32.1. The molecular formula is C23H27FN4O2S. The maximum atomic E-state index is 13.6. The number of fused-ring (bicyclic) bond motifs is 1. The molecule has 3 rings (SSSR count). The third-order valence-electron chi connectivity index (χ3n) is 4.88.